The van der Waals surface area contributed by atoms with Crippen LogP contribution in [0, 0.1) is 5.82 Å². The van der Waals surface area contributed by atoms with E-state index in [0.717, 1.165) is 33.6 Å². The number of hydrogen-bond acceptors (Lipinski definition) is 5. The van der Waals surface area contributed by atoms with Gasteiger partial charge in [0.15, 0.2) is 5.16 Å². The van der Waals surface area contributed by atoms with Crippen molar-refractivity contribution in [2.45, 2.75) is 28.4 Å². The van der Waals surface area contributed by atoms with Crippen LogP contribution < -0.4 is 5.14 Å². The van der Waals surface area contributed by atoms with E-state index in [1.165, 1.54) is 24.3 Å². The molecule has 1 heterocycles. The summed E-state index contributed by atoms with van der Waals surface area (Å²) in [4.78, 5) is 5.65. The second kappa shape index (κ2) is 7.99. The number of halogens is 1. The second-order valence-electron chi connectivity index (χ2n) is 5.49. The number of fused-ring (bicyclic) bond motifs is 1. The molecule has 0 fully saturated rings. The van der Waals surface area contributed by atoms with Gasteiger partial charge < -0.3 is 4.57 Å². The molecule has 1 aromatic heterocycles. The van der Waals surface area contributed by atoms with Crippen LogP contribution in [-0.2, 0) is 16.6 Å². The molecular weight excluding hydrogens is 393 g/mol. The monoisotopic (exact) mass is 411 g/mol. The molecule has 0 unspecified atom stereocenters. The summed E-state index contributed by atoms with van der Waals surface area (Å²) >= 11 is 3.26. The second-order valence-corrected chi connectivity index (χ2v) is 9.28. The highest BCUT2D eigenvalue weighted by molar-refractivity contribution is 8.02. The standard InChI is InChI=1S/C17H18FN3O2S3/c1-2-21-16-8-7-14(26(19,22)23)11-15(16)20-17(21)25-10-9-24-13-5-3-12(18)4-6-13/h3-8,11H,2,9-10H2,1H3,(H2,19,22,23). The highest BCUT2D eigenvalue weighted by Gasteiger charge is 2.14. The summed E-state index contributed by atoms with van der Waals surface area (Å²) in [5.41, 5.74) is 1.50. The van der Waals surface area contributed by atoms with E-state index in [4.69, 9.17) is 5.14 Å². The van der Waals surface area contributed by atoms with E-state index in [1.807, 2.05) is 6.92 Å². The normalized spacial score (nSPS) is 12.0. The Morgan fingerprint density at radius 3 is 2.46 bits per heavy atom. The number of sulfonamides is 1. The fourth-order valence-electron chi connectivity index (χ4n) is 2.50. The molecule has 0 aliphatic rings. The van der Waals surface area contributed by atoms with Crippen LogP contribution >= 0.6 is 23.5 Å². The van der Waals surface area contributed by atoms with Gasteiger partial charge in [-0.25, -0.2) is 22.9 Å². The molecule has 3 rings (SSSR count). The van der Waals surface area contributed by atoms with Gasteiger partial charge in [0.2, 0.25) is 10.0 Å². The van der Waals surface area contributed by atoms with Crippen molar-refractivity contribution in [2.75, 3.05) is 11.5 Å². The Kier molecular flexibility index (Phi) is 5.91. The summed E-state index contributed by atoms with van der Waals surface area (Å²) in [6, 6.07) is 11.2. The van der Waals surface area contributed by atoms with E-state index in [2.05, 4.69) is 9.55 Å². The van der Waals surface area contributed by atoms with Crippen LogP contribution in [0.1, 0.15) is 6.92 Å². The summed E-state index contributed by atoms with van der Waals surface area (Å²) in [6.45, 7) is 2.75. The van der Waals surface area contributed by atoms with E-state index in [1.54, 1.807) is 41.7 Å². The Labute approximate surface area is 160 Å². The fourth-order valence-corrected chi connectivity index (χ4v) is 5.00. The Hall–Kier alpha value is -1.55. The predicted octanol–water partition coefficient (Wildman–Crippen LogP) is 3.73. The van der Waals surface area contributed by atoms with Gasteiger partial charge in [-0.15, -0.1) is 11.8 Å². The van der Waals surface area contributed by atoms with Crippen LogP contribution in [0.15, 0.2) is 57.4 Å². The van der Waals surface area contributed by atoms with Crippen molar-refractivity contribution in [2.24, 2.45) is 5.14 Å². The van der Waals surface area contributed by atoms with Gasteiger partial charge in [-0.2, -0.15) is 0 Å². The molecule has 0 radical (unpaired) electrons. The summed E-state index contributed by atoms with van der Waals surface area (Å²) in [5.74, 6) is 1.44. The van der Waals surface area contributed by atoms with Gasteiger partial charge in [0.1, 0.15) is 5.82 Å². The van der Waals surface area contributed by atoms with Gasteiger partial charge in [0, 0.05) is 22.9 Å². The first-order chi connectivity index (χ1) is 12.4. The van der Waals surface area contributed by atoms with Gasteiger partial charge >= 0.3 is 0 Å². The summed E-state index contributed by atoms with van der Waals surface area (Å²) < 4.78 is 38.0. The highest BCUT2D eigenvalue weighted by Crippen LogP contribution is 2.27. The summed E-state index contributed by atoms with van der Waals surface area (Å²) in [5, 5.41) is 6.04. The number of nitrogens with zero attached hydrogens (tertiary/aromatic N) is 2. The van der Waals surface area contributed by atoms with Crippen molar-refractivity contribution >= 4 is 44.6 Å². The summed E-state index contributed by atoms with van der Waals surface area (Å²) in [7, 11) is -3.75. The number of nitrogens with two attached hydrogens (primary N) is 1. The molecule has 9 heteroatoms. The molecule has 0 bridgehead atoms. The number of aryl methyl sites for hydroxylation is 1. The maximum Gasteiger partial charge on any atom is 0.238 e. The van der Waals surface area contributed by atoms with Crippen LogP contribution in [0.3, 0.4) is 0 Å². The largest absolute Gasteiger partial charge is 0.319 e. The smallest absolute Gasteiger partial charge is 0.238 e. The van der Waals surface area contributed by atoms with Crippen LogP contribution in [0.25, 0.3) is 11.0 Å². The first kappa shape index (κ1) is 19.2. The molecule has 26 heavy (non-hydrogen) atoms. The molecule has 5 nitrogen and oxygen atoms in total. The molecule has 0 aliphatic heterocycles. The number of hydrogen-bond donors (Lipinski definition) is 1. The van der Waals surface area contributed by atoms with Crippen LogP contribution in [0.4, 0.5) is 4.39 Å². The molecule has 0 atom stereocenters. The Balaban J connectivity index is 1.71. The number of primary sulfonamides is 1. The predicted molar refractivity (Wildman–Crippen MR) is 105 cm³/mol. The first-order valence-corrected chi connectivity index (χ1v) is 11.4. The molecular formula is C17H18FN3O2S3. The lowest BCUT2D eigenvalue weighted by molar-refractivity contribution is 0.598. The van der Waals surface area contributed by atoms with Gasteiger partial charge in [0.05, 0.1) is 15.9 Å². The molecule has 3 aromatic rings. The molecule has 2 N–H and O–H groups in total. The van der Waals surface area contributed by atoms with Gasteiger partial charge in [-0.1, -0.05) is 11.8 Å². The number of rotatable bonds is 7. The fraction of sp³-hybridized carbons (Fsp3) is 0.235. The average molecular weight is 412 g/mol. The van der Waals surface area contributed by atoms with Crippen molar-refractivity contribution in [3.05, 3.63) is 48.3 Å². The topological polar surface area (TPSA) is 78.0 Å². The summed E-state index contributed by atoms with van der Waals surface area (Å²) in [6.07, 6.45) is 0. The third-order valence-electron chi connectivity index (χ3n) is 3.73. The van der Waals surface area contributed by atoms with Gasteiger partial charge in [0.25, 0.3) is 0 Å². The van der Waals surface area contributed by atoms with E-state index < -0.39 is 10.0 Å². The lowest BCUT2D eigenvalue weighted by Gasteiger charge is -2.06. The molecule has 0 spiro atoms. The molecule has 0 aliphatic carbocycles. The van der Waals surface area contributed by atoms with Gasteiger partial charge in [-0.05, 0) is 49.4 Å². The van der Waals surface area contributed by atoms with Crippen molar-refractivity contribution in [1.29, 1.82) is 0 Å². The lowest BCUT2D eigenvalue weighted by Crippen LogP contribution is -2.11. The molecule has 0 saturated heterocycles. The van der Waals surface area contributed by atoms with E-state index in [0.29, 0.717) is 5.52 Å². The Morgan fingerprint density at radius 2 is 1.81 bits per heavy atom. The van der Waals surface area contributed by atoms with Crippen molar-refractivity contribution < 1.29 is 12.8 Å². The Morgan fingerprint density at radius 1 is 1.12 bits per heavy atom. The minimum absolute atomic E-state index is 0.0640. The quantitative estimate of drug-likeness (QED) is 0.473. The molecule has 0 amide bonds. The minimum Gasteiger partial charge on any atom is -0.319 e. The maximum absolute atomic E-state index is 12.9. The van der Waals surface area contributed by atoms with Gasteiger partial charge in [-0.3, -0.25) is 0 Å². The third kappa shape index (κ3) is 4.40. The zero-order valence-corrected chi connectivity index (χ0v) is 16.5. The highest BCUT2D eigenvalue weighted by atomic mass is 32.2. The maximum atomic E-state index is 12.9. The number of thioether (sulfide) groups is 2. The number of imidazole rings is 1. The van der Waals surface area contributed by atoms with Crippen molar-refractivity contribution in [3.63, 3.8) is 0 Å². The zero-order valence-electron chi connectivity index (χ0n) is 14.1. The zero-order chi connectivity index (χ0) is 18.7. The van der Waals surface area contributed by atoms with Crippen molar-refractivity contribution in [1.82, 2.24) is 9.55 Å². The Bertz CT molecular complexity index is 1020. The minimum atomic E-state index is -3.75. The average Bonchev–Trinajstić information content (AvgIpc) is 2.96. The van der Waals surface area contributed by atoms with Crippen molar-refractivity contribution in [3.8, 4) is 0 Å². The molecule has 2 aromatic carbocycles. The first-order valence-electron chi connectivity index (χ1n) is 7.92. The van der Waals surface area contributed by atoms with Crippen LogP contribution in [-0.4, -0.2) is 29.5 Å². The number of benzene rings is 2. The molecule has 0 saturated carbocycles. The third-order valence-corrected chi connectivity index (χ3v) is 6.89. The molecule has 138 valence electrons. The van der Waals surface area contributed by atoms with E-state index >= 15 is 0 Å². The van der Waals surface area contributed by atoms with Crippen LogP contribution in [0.2, 0.25) is 0 Å². The lowest BCUT2D eigenvalue weighted by atomic mass is 10.3. The SMILES string of the molecule is CCn1c(SCCSc2ccc(F)cc2)nc2cc(S(N)(=O)=O)ccc21. The number of aromatic nitrogens is 2. The van der Waals surface area contributed by atoms with Crippen LogP contribution in [0.5, 0.6) is 0 Å². The van der Waals surface area contributed by atoms with E-state index in [-0.39, 0.29) is 10.7 Å². The van der Waals surface area contributed by atoms with E-state index in [9.17, 15) is 12.8 Å².